The van der Waals surface area contributed by atoms with Crippen LogP contribution in [0.5, 0.6) is 0 Å². The van der Waals surface area contributed by atoms with Gasteiger partial charge in [-0.3, -0.25) is 0 Å². The van der Waals surface area contributed by atoms with Crippen molar-refractivity contribution in [1.29, 1.82) is 0 Å². The first-order valence-corrected chi connectivity index (χ1v) is 15.3. The van der Waals surface area contributed by atoms with Crippen molar-refractivity contribution in [2.75, 3.05) is 47.0 Å². The van der Waals surface area contributed by atoms with Gasteiger partial charge in [0, 0.05) is 16.1 Å². The first-order chi connectivity index (χ1) is 11.0. The molecule has 0 aliphatic heterocycles. The lowest BCUT2D eigenvalue weighted by atomic mass is 9.99. The standard InChI is InChI=1S/C10H14.C4H12NP.C3H10NP2.C2H6/c1-3-9(2)10-7-5-4-6-8-10;1-5-6(2,3)4;1-6(2,3)4-5;1-2/h4-9H,3H2,1-2H3;1-4H3;5H,1-3H3;1-2H3/q;;+1;. The summed E-state index contributed by atoms with van der Waals surface area (Å²) in [6, 6.07) is 10.6. The van der Waals surface area contributed by atoms with E-state index in [1.807, 2.05) is 20.9 Å². The maximum atomic E-state index is 4.13. The maximum absolute atomic E-state index is 4.13. The van der Waals surface area contributed by atoms with Crippen LogP contribution in [0.2, 0.25) is 0 Å². The minimum Gasteiger partial charge on any atom is -0.307 e. The predicted octanol–water partition coefficient (Wildman–Crippen LogP) is 8.07. The summed E-state index contributed by atoms with van der Waals surface area (Å²) in [5.41, 5.74) is 1.45. The fraction of sp³-hybridized carbons (Fsp3) is 0.684. The van der Waals surface area contributed by atoms with Crippen molar-refractivity contribution in [3.8, 4) is 0 Å². The van der Waals surface area contributed by atoms with E-state index in [4.69, 9.17) is 0 Å². The zero-order chi connectivity index (χ0) is 19.8. The average molecular weight is 391 g/mol. The molecule has 0 saturated carbocycles. The third-order valence-corrected chi connectivity index (χ3v) is 6.48. The first kappa shape index (κ1) is 28.8. The second-order valence-corrected chi connectivity index (χ2v) is 15.9. The fourth-order valence-electron chi connectivity index (χ4n) is 1.02. The Balaban J connectivity index is -0.000000276. The van der Waals surface area contributed by atoms with Crippen LogP contribution in [-0.2, 0) is 0 Å². The molecule has 0 heterocycles. The predicted molar refractivity (Wildman–Crippen MR) is 125 cm³/mol. The molecule has 0 spiro atoms. The number of hydrogen-bond acceptors (Lipinski definition) is 2. The minimum absolute atomic E-state index is 0.709. The molecule has 1 atom stereocenters. The summed E-state index contributed by atoms with van der Waals surface area (Å²) in [6.07, 6.45) is 1.23. The average Bonchev–Trinajstić information content (AvgIpc) is 2.56. The highest BCUT2D eigenvalue weighted by Gasteiger charge is 2.11. The van der Waals surface area contributed by atoms with Gasteiger partial charge in [-0.05, 0) is 45.0 Å². The van der Waals surface area contributed by atoms with Gasteiger partial charge in [0.25, 0.3) is 0 Å². The van der Waals surface area contributed by atoms with Crippen molar-refractivity contribution >= 4 is 23.5 Å². The normalized spacial score (nSPS) is 11.3. The van der Waals surface area contributed by atoms with Gasteiger partial charge in [0.05, 0.1) is 20.0 Å². The smallest absolute Gasteiger partial charge is 0.128 e. The van der Waals surface area contributed by atoms with Gasteiger partial charge in [-0.25, -0.2) is 0 Å². The van der Waals surface area contributed by atoms with E-state index in [1.165, 1.54) is 12.0 Å². The van der Waals surface area contributed by atoms with Crippen LogP contribution in [0.4, 0.5) is 0 Å². The molecule has 0 radical (unpaired) electrons. The van der Waals surface area contributed by atoms with Crippen LogP contribution in [0.25, 0.3) is 0 Å². The number of rotatable bonds is 3. The molecule has 1 aromatic carbocycles. The van der Waals surface area contributed by atoms with Gasteiger partial charge in [-0.1, -0.05) is 58.0 Å². The van der Waals surface area contributed by atoms with Gasteiger partial charge in [0.2, 0.25) is 0 Å². The summed E-state index contributed by atoms with van der Waals surface area (Å²) in [5, 5.41) is 0. The molecular formula is C19H42N2P3+. The quantitative estimate of drug-likeness (QED) is 0.465. The molecule has 0 amide bonds. The summed E-state index contributed by atoms with van der Waals surface area (Å²) in [6.45, 7) is 21.5. The third-order valence-electron chi connectivity index (χ3n) is 2.88. The molecule has 0 saturated heterocycles. The molecule has 1 aromatic rings. The Bertz CT molecular complexity index is 437. The third kappa shape index (κ3) is 24.2. The topological polar surface area (TPSA) is 24.7 Å². The molecule has 0 bridgehead atoms. The molecule has 0 N–H and O–H groups in total. The van der Waals surface area contributed by atoms with Gasteiger partial charge in [-0.15, -0.1) is 4.52 Å². The van der Waals surface area contributed by atoms with Crippen molar-refractivity contribution in [3.63, 3.8) is 0 Å². The Labute approximate surface area is 156 Å². The summed E-state index contributed by atoms with van der Waals surface area (Å²) >= 11 is 0. The van der Waals surface area contributed by atoms with Gasteiger partial charge >= 0.3 is 0 Å². The molecule has 2 nitrogen and oxygen atoms in total. The Morgan fingerprint density at radius 3 is 1.58 bits per heavy atom. The lowest BCUT2D eigenvalue weighted by Crippen LogP contribution is -1.88. The Morgan fingerprint density at radius 1 is 1.04 bits per heavy atom. The zero-order valence-electron chi connectivity index (χ0n) is 18.0. The fourth-order valence-corrected chi connectivity index (χ4v) is 1.02. The number of hydrogen-bond donors (Lipinski definition) is 0. The highest BCUT2D eigenvalue weighted by Crippen LogP contribution is 2.48. The van der Waals surface area contributed by atoms with Crippen LogP contribution in [0.1, 0.15) is 45.6 Å². The zero-order valence-corrected chi connectivity index (χ0v) is 20.7. The molecule has 0 aliphatic carbocycles. The van der Waals surface area contributed by atoms with Crippen molar-refractivity contribution in [1.82, 2.24) is 0 Å². The van der Waals surface area contributed by atoms with Crippen molar-refractivity contribution in [3.05, 3.63) is 35.9 Å². The Morgan fingerprint density at radius 2 is 1.38 bits per heavy atom. The van der Waals surface area contributed by atoms with Crippen molar-refractivity contribution in [2.45, 2.75) is 40.0 Å². The summed E-state index contributed by atoms with van der Waals surface area (Å²) in [5.74, 6) is 0.709. The summed E-state index contributed by atoms with van der Waals surface area (Å²) in [4.78, 5) is 0. The van der Waals surface area contributed by atoms with Gasteiger partial charge < -0.3 is 4.74 Å². The number of benzene rings is 1. The largest absolute Gasteiger partial charge is 0.307 e. The second-order valence-electron chi connectivity index (χ2n) is 6.90. The van der Waals surface area contributed by atoms with Crippen LogP contribution >= 0.6 is 23.5 Å². The van der Waals surface area contributed by atoms with E-state index in [1.54, 1.807) is 0 Å². The highest BCUT2D eigenvalue weighted by molar-refractivity contribution is 7.74. The van der Waals surface area contributed by atoms with Crippen molar-refractivity contribution < 1.29 is 0 Å². The monoisotopic (exact) mass is 391 g/mol. The van der Waals surface area contributed by atoms with Crippen molar-refractivity contribution in [2.24, 2.45) is 9.26 Å². The van der Waals surface area contributed by atoms with E-state index in [0.29, 0.717) is 5.92 Å². The summed E-state index contributed by atoms with van der Waals surface area (Å²) < 4.78 is 8.07. The van der Waals surface area contributed by atoms with Gasteiger partial charge in [0.15, 0.2) is 0 Å². The SMILES string of the molecule is CC.CCC(C)c1ccccc1.CN=P(C)(C)C.C[P+](C)(C)N=P. The van der Waals surface area contributed by atoms with Crippen LogP contribution in [-0.4, -0.2) is 47.0 Å². The summed E-state index contributed by atoms with van der Waals surface area (Å²) in [7, 11) is 3.34. The van der Waals surface area contributed by atoms with Crippen LogP contribution in [0.3, 0.4) is 0 Å². The van der Waals surface area contributed by atoms with Gasteiger partial charge in [-0.2, -0.15) is 0 Å². The van der Waals surface area contributed by atoms with E-state index in [9.17, 15) is 0 Å². The van der Waals surface area contributed by atoms with E-state index in [-0.39, 0.29) is 0 Å². The van der Waals surface area contributed by atoms with E-state index in [0.717, 1.165) is 0 Å². The maximum Gasteiger partial charge on any atom is 0.128 e. The highest BCUT2D eigenvalue weighted by atomic mass is 31.2. The molecule has 142 valence electrons. The molecule has 1 unspecified atom stereocenters. The molecule has 5 heteroatoms. The van der Waals surface area contributed by atoms with Gasteiger partial charge in [0.1, 0.15) is 7.41 Å². The Hall–Kier alpha value is -0.0200. The first-order valence-electron chi connectivity index (χ1n) is 8.65. The number of nitrogens with zero attached hydrogens (tertiary/aromatic N) is 2. The van der Waals surface area contributed by atoms with E-state index >= 15 is 0 Å². The van der Waals surface area contributed by atoms with Crippen LogP contribution in [0.15, 0.2) is 39.6 Å². The van der Waals surface area contributed by atoms with Crippen LogP contribution in [0, 0.1) is 0 Å². The molecule has 0 fully saturated rings. The lowest BCUT2D eigenvalue weighted by molar-refractivity contribution is 0.733. The molecule has 0 aromatic heterocycles. The molecular weight excluding hydrogens is 349 g/mol. The Kier molecular flexibility index (Phi) is 19.7. The second kappa shape index (κ2) is 16.4. The molecule has 1 rings (SSSR count). The molecule has 24 heavy (non-hydrogen) atoms. The minimum atomic E-state index is -0.858. The van der Waals surface area contributed by atoms with E-state index in [2.05, 4.69) is 102 Å². The van der Waals surface area contributed by atoms with E-state index < -0.39 is 14.5 Å². The molecule has 0 aliphatic rings. The van der Waals surface area contributed by atoms with Crippen LogP contribution < -0.4 is 0 Å². The lowest BCUT2D eigenvalue weighted by Gasteiger charge is -2.06.